The molecule has 0 aliphatic carbocycles. The van der Waals surface area contributed by atoms with Crippen LogP contribution < -0.4 is 9.64 Å². The second kappa shape index (κ2) is 6.81. The van der Waals surface area contributed by atoms with Gasteiger partial charge in [0.25, 0.3) is 0 Å². The molecule has 0 N–H and O–H groups in total. The maximum Gasteiger partial charge on any atom is 0.122 e. The molecule has 0 saturated heterocycles. The Morgan fingerprint density at radius 1 is 1.14 bits per heavy atom. The van der Waals surface area contributed by atoms with Gasteiger partial charge in [0, 0.05) is 19.8 Å². The van der Waals surface area contributed by atoms with Crippen LogP contribution in [0.1, 0.15) is 17.0 Å². The third-order valence-electron chi connectivity index (χ3n) is 3.56. The Balaban J connectivity index is 2.28. The molecule has 21 heavy (non-hydrogen) atoms. The maximum atomic E-state index is 9.53. The van der Waals surface area contributed by atoms with E-state index in [0.29, 0.717) is 6.42 Å². The first-order valence-electron chi connectivity index (χ1n) is 6.94. The molecule has 1 atom stereocenters. The number of nitriles is 1. The largest absolute Gasteiger partial charge is 0.496 e. The van der Waals surface area contributed by atoms with Crippen LogP contribution in [0.2, 0.25) is 0 Å². The van der Waals surface area contributed by atoms with Crippen molar-refractivity contribution in [3.63, 3.8) is 0 Å². The fraction of sp³-hybridized carbons (Fsp3) is 0.278. The van der Waals surface area contributed by atoms with Crippen LogP contribution in [0.4, 0.5) is 5.69 Å². The molecule has 108 valence electrons. The van der Waals surface area contributed by atoms with Crippen molar-refractivity contribution in [1.29, 1.82) is 5.26 Å². The average molecular weight is 280 g/mol. The number of nitrogens with zero attached hydrogens (tertiary/aromatic N) is 2. The van der Waals surface area contributed by atoms with Crippen molar-refractivity contribution >= 4 is 5.69 Å². The van der Waals surface area contributed by atoms with Gasteiger partial charge in [0.1, 0.15) is 5.75 Å². The second-order valence-corrected chi connectivity index (χ2v) is 5.19. The van der Waals surface area contributed by atoms with E-state index in [4.69, 9.17) is 4.74 Å². The molecule has 2 rings (SSSR count). The summed E-state index contributed by atoms with van der Waals surface area (Å²) < 4.78 is 5.37. The zero-order chi connectivity index (χ0) is 15.2. The highest BCUT2D eigenvalue weighted by molar-refractivity contribution is 5.49. The Morgan fingerprint density at radius 3 is 2.57 bits per heavy atom. The Labute approximate surface area is 126 Å². The molecule has 0 amide bonds. The SMILES string of the molecule is COc1ccccc1CC(C#N)c1cccc(N(C)C)c1. The third-order valence-corrected chi connectivity index (χ3v) is 3.56. The van der Waals surface area contributed by atoms with Crippen molar-refractivity contribution in [2.24, 2.45) is 0 Å². The van der Waals surface area contributed by atoms with Crippen molar-refractivity contribution in [2.45, 2.75) is 12.3 Å². The Kier molecular flexibility index (Phi) is 4.84. The third kappa shape index (κ3) is 3.55. The van der Waals surface area contributed by atoms with Crippen molar-refractivity contribution in [1.82, 2.24) is 0 Å². The smallest absolute Gasteiger partial charge is 0.122 e. The minimum atomic E-state index is -0.179. The summed E-state index contributed by atoms with van der Waals surface area (Å²) in [6.07, 6.45) is 0.650. The van der Waals surface area contributed by atoms with Crippen LogP contribution in [0.5, 0.6) is 5.75 Å². The molecule has 0 aliphatic rings. The first-order chi connectivity index (χ1) is 10.2. The first kappa shape index (κ1) is 14.9. The molecule has 3 heteroatoms. The van der Waals surface area contributed by atoms with E-state index in [9.17, 15) is 5.26 Å². The van der Waals surface area contributed by atoms with Gasteiger partial charge in [0.15, 0.2) is 0 Å². The molecule has 0 bridgehead atoms. The molecule has 1 unspecified atom stereocenters. The van der Waals surface area contributed by atoms with E-state index in [1.54, 1.807) is 7.11 Å². The lowest BCUT2D eigenvalue weighted by atomic mass is 9.92. The molecule has 0 fully saturated rings. The molecular formula is C18H20N2O. The molecule has 0 saturated carbocycles. The number of hydrogen-bond donors (Lipinski definition) is 0. The lowest BCUT2D eigenvalue weighted by Crippen LogP contribution is -2.10. The van der Waals surface area contributed by atoms with Crippen LogP contribution in [0.3, 0.4) is 0 Å². The number of benzene rings is 2. The summed E-state index contributed by atoms with van der Waals surface area (Å²) >= 11 is 0. The fourth-order valence-electron chi connectivity index (χ4n) is 2.35. The van der Waals surface area contributed by atoms with Crippen molar-refractivity contribution in [3.8, 4) is 11.8 Å². The second-order valence-electron chi connectivity index (χ2n) is 5.19. The highest BCUT2D eigenvalue weighted by Crippen LogP contribution is 2.27. The van der Waals surface area contributed by atoms with Crippen molar-refractivity contribution in [3.05, 3.63) is 59.7 Å². The Hall–Kier alpha value is -2.47. The summed E-state index contributed by atoms with van der Waals surface area (Å²) in [7, 11) is 5.66. The zero-order valence-corrected chi connectivity index (χ0v) is 12.7. The number of para-hydroxylation sites is 1. The van der Waals surface area contributed by atoms with Gasteiger partial charge in [0.2, 0.25) is 0 Å². The lowest BCUT2D eigenvalue weighted by Gasteiger charge is -2.16. The van der Waals surface area contributed by atoms with Gasteiger partial charge in [-0.3, -0.25) is 0 Å². The summed E-state index contributed by atoms with van der Waals surface area (Å²) in [4.78, 5) is 2.04. The molecule has 2 aromatic rings. The molecule has 2 aromatic carbocycles. The van der Waals surface area contributed by atoms with Gasteiger partial charge in [-0.2, -0.15) is 5.26 Å². The minimum absolute atomic E-state index is 0.179. The van der Waals surface area contributed by atoms with Crippen molar-refractivity contribution in [2.75, 3.05) is 26.1 Å². The van der Waals surface area contributed by atoms with Gasteiger partial charge in [-0.15, -0.1) is 0 Å². The summed E-state index contributed by atoms with van der Waals surface area (Å²) in [5.41, 5.74) is 3.20. The van der Waals surface area contributed by atoms with E-state index < -0.39 is 0 Å². The van der Waals surface area contributed by atoms with Crippen LogP contribution in [-0.4, -0.2) is 21.2 Å². The predicted molar refractivity (Wildman–Crippen MR) is 85.8 cm³/mol. The van der Waals surface area contributed by atoms with E-state index in [-0.39, 0.29) is 5.92 Å². The topological polar surface area (TPSA) is 36.3 Å². The lowest BCUT2D eigenvalue weighted by molar-refractivity contribution is 0.409. The summed E-state index contributed by atoms with van der Waals surface area (Å²) in [6.45, 7) is 0. The number of hydrogen-bond acceptors (Lipinski definition) is 3. The van der Waals surface area contributed by atoms with E-state index >= 15 is 0 Å². The van der Waals surface area contributed by atoms with Gasteiger partial charge in [-0.05, 0) is 35.7 Å². The van der Waals surface area contributed by atoms with E-state index in [1.165, 1.54) is 0 Å². The summed E-state index contributed by atoms with van der Waals surface area (Å²) in [6, 6.07) is 18.4. The summed E-state index contributed by atoms with van der Waals surface area (Å²) in [5, 5.41) is 9.53. The number of rotatable bonds is 5. The monoisotopic (exact) mass is 280 g/mol. The molecule has 0 radical (unpaired) electrons. The molecular weight excluding hydrogens is 260 g/mol. The van der Waals surface area contributed by atoms with Crippen LogP contribution in [0.15, 0.2) is 48.5 Å². The van der Waals surface area contributed by atoms with Crippen LogP contribution >= 0.6 is 0 Å². The van der Waals surface area contributed by atoms with Gasteiger partial charge < -0.3 is 9.64 Å². The summed E-state index contributed by atoms with van der Waals surface area (Å²) in [5.74, 6) is 0.655. The molecule has 0 heterocycles. The molecule has 3 nitrogen and oxygen atoms in total. The molecule has 0 aromatic heterocycles. The number of ether oxygens (including phenoxy) is 1. The van der Waals surface area contributed by atoms with Crippen LogP contribution in [-0.2, 0) is 6.42 Å². The average Bonchev–Trinajstić information content (AvgIpc) is 2.53. The normalized spacial score (nSPS) is 11.5. The number of anilines is 1. The highest BCUT2D eigenvalue weighted by Gasteiger charge is 2.14. The maximum absolute atomic E-state index is 9.53. The fourth-order valence-corrected chi connectivity index (χ4v) is 2.35. The standard InChI is InChI=1S/C18H20N2O/c1-20(2)17-9-6-8-14(12-17)16(13-19)11-15-7-4-5-10-18(15)21-3/h4-10,12,16H,11H2,1-3H3. The Bertz CT molecular complexity index is 644. The minimum Gasteiger partial charge on any atom is -0.496 e. The van der Waals surface area contributed by atoms with Crippen LogP contribution in [0, 0.1) is 11.3 Å². The zero-order valence-electron chi connectivity index (χ0n) is 12.7. The van der Waals surface area contributed by atoms with Crippen LogP contribution in [0.25, 0.3) is 0 Å². The van der Waals surface area contributed by atoms with Gasteiger partial charge in [-0.1, -0.05) is 30.3 Å². The van der Waals surface area contributed by atoms with Crippen molar-refractivity contribution < 1.29 is 4.74 Å². The number of methoxy groups -OCH3 is 1. The quantitative estimate of drug-likeness (QED) is 0.839. The van der Waals surface area contributed by atoms with E-state index in [0.717, 1.165) is 22.6 Å². The predicted octanol–water partition coefficient (Wildman–Crippen LogP) is 3.61. The first-order valence-corrected chi connectivity index (χ1v) is 6.94. The van der Waals surface area contributed by atoms with E-state index in [1.807, 2.05) is 61.5 Å². The molecule has 0 aliphatic heterocycles. The van der Waals surface area contributed by atoms with Gasteiger partial charge in [0.05, 0.1) is 19.1 Å². The molecule has 0 spiro atoms. The van der Waals surface area contributed by atoms with Gasteiger partial charge >= 0.3 is 0 Å². The highest BCUT2D eigenvalue weighted by atomic mass is 16.5. The Morgan fingerprint density at radius 2 is 1.90 bits per heavy atom. The van der Waals surface area contributed by atoms with Gasteiger partial charge in [-0.25, -0.2) is 0 Å². The van der Waals surface area contributed by atoms with E-state index in [2.05, 4.69) is 12.1 Å².